The molecule has 0 radical (unpaired) electrons. The Hall–Kier alpha value is -0.650. The van der Waals surface area contributed by atoms with E-state index < -0.39 is 0 Å². The second-order valence-corrected chi connectivity index (χ2v) is 4.97. The van der Waals surface area contributed by atoms with Gasteiger partial charge in [0.25, 0.3) is 0 Å². The van der Waals surface area contributed by atoms with Gasteiger partial charge in [0.2, 0.25) is 5.91 Å². The summed E-state index contributed by atoms with van der Waals surface area (Å²) in [4.78, 5) is 14.4. The third-order valence-electron chi connectivity index (χ3n) is 3.60. The third kappa shape index (κ3) is 3.93. The quantitative estimate of drug-likeness (QED) is 0.722. The van der Waals surface area contributed by atoms with Crippen molar-refractivity contribution in [3.05, 3.63) is 0 Å². The minimum Gasteiger partial charge on any atom is -0.383 e. The Morgan fingerprint density at radius 3 is 2.67 bits per heavy atom. The molecule has 5 heteroatoms. The normalized spacial score (nSPS) is 25.1. The van der Waals surface area contributed by atoms with E-state index in [9.17, 15) is 4.79 Å². The lowest BCUT2D eigenvalue weighted by Crippen LogP contribution is -2.47. The van der Waals surface area contributed by atoms with Crippen LogP contribution in [-0.4, -0.2) is 63.4 Å². The Morgan fingerprint density at radius 1 is 1.44 bits per heavy atom. The van der Waals surface area contributed by atoms with Crippen molar-refractivity contribution >= 4 is 5.91 Å². The Balaban J connectivity index is 2.65. The fraction of sp³-hybridized carbons (Fsp3) is 0.923. The molecule has 18 heavy (non-hydrogen) atoms. The average Bonchev–Trinajstić information content (AvgIpc) is 2.76. The lowest BCUT2D eigenvalue weighted by Gasteiger charge is -2.32. The van der Waals surface area contributed by atoms with Gasteiger partial charge >= 0.3 is 0 Å². The molecule has 106 valence electrons. The van der Waals surface area contributed by atoms with Crippen LogP contribution in [0.1, 0.15) is 20.3 Å². The standard InChI is InChI=1S/C13H26N2O3/c1-10(9-18-4)15(7-8-17-3)13(16)12-5-6-14-11(12)2/h10-12,14H,5-9H2,1-4H3. The van der Waals surface area contributed by atoms with Crippen molar-refractivity contribution in [2.75, 3.05) is 40.5 Å². The SMILES string of the molecule is COCCN(C(=O)C1CCNC1C)C(C)COC. The summed E-state index contributed by atoms with van der Waals surface area (Å²) < 4.78 is 10.2. The minimum atomic E-state index is 0.0844. The van der Waals surface area contributed by atoms with Crippen LogP contribution < -0.4 is 5.32 Å². The third-order valence-corrected chi connectivity index (χ3v) is 3.60. The summed E-state index contributed by atoms with van der Waals surface area (Å²) >= 11 is 0. The number of methoxy groups -OCH3 is 2. The van der Waals surface area contributed by atoms with Crippen LogP contribution in [0.25, 0.3) is 0 Å². The molecule has 3 unspecified atom stereocenters. The molecule has 1 amide bonds. The number of nitrogens with one attached hydrogen (secondary N) is 1. The Morgan fingerprint density at radius 2 is 2.17 bits per heavy atom. The smallest absolute Gasteiger partial charge is 0.227 e. The molecule has 1 saturated heterocycles. The Labute approximate surface area is 110 Å². The van der Waals surface area contributed by atoms with Crippen LogP contribution in [-0.2, 0) is 14.3 Å². The molecule has 0 aromatic rings. The highest BCUT2D eigenvalue weighted by atomic mass is 16.5. The number of carbonyl (C=O) groups excluding carboxylic acids is 1. The molecule has 1 N–H and O–H groups in total. The van der Waals surface area contributed by atoms with E-state index in [2.05, 4.69) is 12.2 Å². The molecule has 0 bridgehead atoms. The molecule has 5 nitrogen and oxygen atoms in total. The largest absolute Gasteiger partial charge is 0.383 e. The van der Waals surface area contributed by atoms with Crippen molar-refractivity contribution < 1.29 is 14.3 Å². The Bertz CT molecular complexity index is 261. The molecule has 0 aromatic heterocycles. The maximum absolute atomic E-state index is 12.6. The van der Waals surface area contributed by atoms with Crippen molar-refractivity contribution in [2.24, 2.45) is 5.92 Å². The summed E-state index contributed by atoms with van der Waals surface area (Å²) in [6.45, 7) is 6.77. The van der Waals surface area contributed by atoms with Crippen LogP contribution in [0.15, 0.2) is 0 Å². The van der Waals surface area contributed by atoms with Crippen molar-refractivity contribution in [1.29, 1.82) is 0 Å². The summed E-state index contributed by atoms with van der Waals surface area (Å²) in [6.07, 6.45) is 0.920. The number of rotatable bonds is 7. The first-order valence-corrected chi connectivity index (χ1v) is 6.63. The van der Waals surface area contributed by atoms with Crippen LogP contribution in [0.2, 0.25) is 0 Å². The minimum absolute atomic E-state index is 0.0844. The first kappa shape index (κ1) is 15.4. The lowest BCUT2D eigenvalue weighted by atomic mass is 9.99. The molecule has 0 saturated carbocycles. The topological polar surface area (TPSA) is 50.8 Å². The number of amides is 1. The fourth-order valence-electron chi connectivity index (χ4n) is 2.48. The first-order valence-electron chi connectivity index (χ1n) is 6.63. The molecule has 0 aliphatic carbocycles. The summed E-state index contributed by atoms with van der Waals surface area (Å²) in [5.74, 6) is 0.301. The van der Waals surface area contributed by atoms with Gasteiger partial charge in [-0.1, -0.05) is 0 Å². The number of hydrogen-bond acceptors (Lipinski definition) is 4. The number of ether oxygens (including phenoxy) is 2. The van der Waals surface area contributed by atoms with Gasteiger partial charge in [0.1, 0.15) is 0 Å². The molecule has 0 spiro atoms. The van der Waals surface area contributed by atoms with Crippen LogP contribution in [0.5, 0.6) is 0 Å². The molecule has 0 aromatic carbocycles. The predicted octanol–water partition coefficient (Wildman–Crippen LogP) is 0.494. The predicted molar refractivity (Wildman–Crippen MR) is 70.5 cm³/mol. The molecule has 1 aliphatic rings. The van der Waals surface area contributed by atoms with E-state index in [0.717, 1.165) is 13.0 Å². The first-order chi connectivity index (χ1) is 8.61. The molecular formula is C13H26N2O3. The van der Waals surface area contributed by atoms with E-state index in [4.69, 9.17) is 9.47 Å². The summed E-state index contributed by atoms with van der Waals surface area (Å²) in [6, 6.07) is 0.350. The molecule has 1 rings (SSSR count). The van der Waals surface area contributed by atoms with E-state index >= 15 is 0 Å². The molecule has 1 fully saturated rings. The molecule has 1 heterocycles. The van der Waals surface area contributed by atoms with Crippen molar-refractivity contribution in [3.8, 4) is 0 Å². The maximum atomic E-state index is 12.6. The van der Waals surface area contributed by atoms with Crippen molar-refractivity contribution in [3.63, 3.8) is 0 Å². The van der Waals surface area contributed by atoms with Crippen molar-refractivity contribution in [1.82, 2.24) is 10.2 Å². The number of hydrogen-bond donors (Lipinski definition) is 1. The second kappa shape index (κ2) is 7.71. The van der Waals surface area contributed by atoms with Gasteiger partial charge in [-0.05, 0) is 26.8 Å². The molecular weight excluding hydrogens is 232 g/mol. The van der Waals surface area contributed by atoms with E-state index in [-0.39, 0.29) is 23.9 Å². The number of nitrogens with zero attached hydrogens (tertiary/aromatic N) is 1. The van der Waals surface area contributed by atoms with Crippen LogP contribution in [0.3, 0.4) is 0 Å². The van der Waals surface area contributed by atoms with Gasteiger partial charge in [-0.3, -0.25) is 4.79 Å². The van der Waals surface area contributed by atoms with Gasteiger partial charge in [-0.2, -0.15) is 0 Å². The lowest BCUT2D eigenvalue weighted by molar-refractivity contribution is -0.139. The molecule has 3 atom stereocenters. The highest BCUT2D eigenvalue weighted by Gasteiger charge is 2.34. The fourth-order valence-corrected chi connectivity index (χ4v) is 2.48. The van der Waals surface area contributed by atoms with Crippen molar-refractivity contribution in [2.45, 2.75) is 32.4 Å². The van der Waals surface area contributed by atoms with Crippen LogP contribution >= 0.6 is 0 Å². The van der Waals surface area contributed by atoms with Crippen LogP contribution in [0.4, 0.5) is 0 Å². The zero-order chi connectivity index (χ0) is 13.5. The van der Waals surface area contributed by atoms with Gasteiger partial charge < -0.3 is 19.7 Å². The summed E-state index contributed by atoms with van der Waals surface area (Å²) in [5.41, 5.74) is 0. The second-order valence-electron chi connectivity index (χ2n) is 4.97. The summed E-state index contributed by atoms with van der Waals surface area (Å²) in [7, 11) is 3.32. The van der Waals surface area contributed by atoms with E-state index in [1.165, 1.54) is 0 Å². The number of carbonyl (C=O) groups is 1. The summed E-state index contributed by atoms with van der Waals surface area (Å²) in [5, 5.41) is 3.32. The average molecular weight is 258 g/mol. The van der Waals surface area contributed by atoms with Gasteiger partial charge in [0.05, 0.1) is 25.2 Å². The van der Waals surface area contributed by atoms with E-state index in [0.29, 0.717) is 19.8 Å². The molecule has 1 aliphatic heterocycles. The van der Waals surface area contributed by atoms with Gasteiger partial charge in [0, 0.05) is 26.8 Å². The van der Waals surface area contributed by atoms with Gasteiger partial charge in [0.15, 0.2) is 0 Å². The van der Waals surface area contributed by atoms with E-state index in [1.54, 1.807) is 14.2 Å². The highest BCUT2D eigenvalue weighted by Crippen LogP contribution is 2.19. The zero-order valence-corrected chi connectivity index (χ0v) is 11.9. The monoisotopic (exact) mass is 258 g/mol. The maximum Gasteiger partial charge on any atom is 0.227 e. The Kier molecular flexibility index (Phi) is 6.60. The highest BCUT2D eigenvalue weighted by molar-refractivity contribution is 5.80. The van der Waals surface area contributed by atoms with E-state index in [1.807, 2.05) is 11.8 Å². The van der Waals surface area contributed by atoms with Crippen LogP contribution in [0, 0.1) is 5.92 Å². The van der Waals surface area contributed by atoms with Gasteiger partial charge in [-0.25, -0.2) is 0 Å². The zero-order valence-electron chi connectivity index (χ0n) is 11.9. The van der Waals surface area contributed by atoms with Gasteiger partial charge in [-0.15, -0.1) is 0 Å².